The second-order valence-corrected chi connectivity index (χ2v) is 6.35. The summed E-state index contributed by atoms with van der Waals surface area (Å²) in [6, 6.07) is 1.50. The first-order chi connectivity index (χ1) is 9.99. The van der Waals surface area contributed by atoms with Gasteiger partial charge in [0, 0.05) is 5.54 Å². The van der Waals surface area contributed by atoms with E-state index < -0.39 is 6.04 Å². The normalized spacial score (nSPS) is 36.0. The van der Waals surface area contributed by atoms with Crippen LogP contribution in [0.1, 0.15) is 45.4 Å². The first kappa shape index (κ1) is 15.8. The molecule has 5 heteroatoms. The van der Waals surface area contributed by atoms with E-state index >= 15 is 0 Å². The summed E-state index contributed by atoms with van der Waals surface area (Å²) >= 11 is 0. The fourth-order valence-electron chi connectivity index (χ4n) is 3.25. The summed E-state index contributed by atoms with van der Waals surface area (Å²) in [7, 11) is 0. The van der Waals surface area contributed by atoms with Crippen LogP contribution < -0.4 is 5.32 Å². The molecule has 0 bridgehead atoms. The molecule has 1 amide bonds. The van der Waals surface area contributed by atoms with Gasteiger partial charge in [-0.1, -0.05) is 5.92 Å². The number of hydrogen-bond donors (Lipinski definition) is 2. The van der Waals surface area contributed by atoms with E-state index in [9.17, 15) is 9.90 Å². The smallest absolute Gasteiger partial charge is 0.238 e. The van der Waals surface area contributed by atoms with Gasteiger partial charge in [0.25, 0.3) is 0 Å². The molecule has 5 nitrogen and oxygen atoms in total. The Hall–Kier alpha value is -1.56. The molecule has 0 aromatic carbocycles. The number of nitrogens with one attached hydrogen (secondary N) is 1. The lowest BCUT2D eigenvalue weighted by Gasteiger charge is -2.37. The molecule has 2 atom stereocenters. The highest BCUT2D eigenvalue weighted by atomic mass is 16.3. The predicted molar refractivity (Wildman–Crippen MR) is 79.0 cm³/mol. The second kappa shape index (κ2) is 6.47. The molecule has 0 aromatic heterocycles. The molecular weight excluding hydrogens is 266 g/mol. The van der Waals surface area contributed by atoms with Gasteiger partial charge in [0.1, 0.15) is 6.04 Å². The summed E-state index contributed by atoms with van der Waals surface area (Å²) in [5.74, 6) is 2.50. The Morgan fingerprint density at radius 1 is 1.38 bits per heavy atom. The highest BCUT2D eigenvalue weighted by molar-refractivity contribution is 5.80. The maximum absolute atomic E-state index is 12.4. The average molecular weight is 289 g/mol. The largest absolute Gasteiger partial charge is 0.393 e. The molecule has 1 saturated heterocycles. The minimum atomic E-state index is -0.402. The van der Waals surface area contributed by atoms with Gasteiger partial charge in [0.2, 0.25) is 5.91 Å². The van der Waals surface area contributed by atoms with E-state index in [2.05, 4.69) is 24.2 Å². The average Bonchev–Trinajstić information content (AvgIpc) is 2.91. The molecule has 2 fully saturated rings. The highest BCUT2D eigenvalue weighted by Crippen LogP contribution is 2.28. The zero-order chi connectivity index (χ0) is 15.5. The number of rotatable bonds is 3. The van der Waals surface area contributed by atoms with Crippen LogP contribution in [0.4, 0.5) is 0 Å². The summed E-state index contributed by atoms with van der Waals surface area (Å²) in [5.41, 5.74) is -0.123. The van der Waals surface area contributed by atoms with Crippen molar-refractivity contribution in [3.63, 3.8) is 0 Å². The van der Waals surface area contributed by atoms with Gasteiger partial charge in [-0.25, -0.2) is 0 Å². The van der Waals surface area contributed by atoms with Crippen molar-refractivity contribution >= 4 is 5.91 Å². The predicted octanol–water partition coefficient (Wildman–Crippen LogP) is 0.786. The Morgan fingerprint density at radius 3 is 2.57 bits per heavy atom. The third kappa shape index (κ3) is 3.56. The van der Waals surface area contributed by atoms with E-state index in [-0.39, 0.29) is 30.1 Å². The lowest BCUT2D eigenvalue weighted by Crippen LogP contribution is -2.52. The SMILES string of the molecule is C#C[C@H]1CC[C@H](C#N)N1C(=O)CNC1(C)CCC(O)CC1. The molecule has 1 aliphatic heterocycles. The molecular formula is C16H23N3O2. The lowest BCUT2D eigenvalue weighted by molar-refractivity contribution is -0.131. The number of carbonyl (C=O) groups is 1. The third-order valence-electron chi connectivity index (χ3n) is 4.74. The summed E-state index contributed by atoms with van der Waals surface area (Å²) in [5, 5.41) is 22.0. The van der Waals surface area contributed by atoms with Crippen LogP contribution in [0, 0.1) is 23.7 Å². The number of nitrogens with zero attached hydrogens (tertiary/aromatic N) is 2. The number of terminal acetylenes is 1. The molecule has 21 heavy (non-hydrogen) atoms. The molecule has 1 aliphatic carbocycles. The van der Waals surface area contributed by atoms with E-state index in [1.54, 1.807) is 4.90 Å². The second-order valence-electron chi connectivity index (χ2n) is 6.35. The maximum Gasteiger partial charge on any atom is 0.238 e. The Labute approximate surface area is 126 Å². The van der Waals surface area contributed by atoms with E-state index in [1.807, 2.05) is 0 Å². The van der Waals surface area contributed by atoms with Crippen LogP contribution in [0.25, 0.3) is 0 Å². The topological polar surface area (TPSA) is 76.4 Å². The van der Waals surface area contributed by atoms with Crippen LogP contribution in [0.2, 0.25) is 0 Å². The minimum absolute atomic E-state index is 0.102. The summed E-state index contributed by atoms with van der Waals surface area (Å²) < 4.78 is 0. The van der Waals surface area contributed by atoms with Crippen LogP contribution in [0.15, 0.2) is 0 Å². The van der Waals surface area contributed by atoms with Crippen molar-refractivity contribution in [2.75, 3.05) is 6.54 Å². The molecule has 2 rings (SSSR count). The number of amides is 1. The number of hydrogen-bond acceptors (Lipinski definition) is 4. The number of likely N-dealkylation sites (tertiary alicyclic amines) is 1. The third-order valence-corrected chi connectivity index (χ3v) is 4.74. The summed E-state index contributed by atoms with van der Waals surface area (Å²) in [6.07, 6.45) is 9.81. The van der Waals surface area contributed by atoms with Crippen molar-refractivity contribution in [2.24, 2.45) is 0 Å². The zero-order valence-electron chi connectivity index (χ0n) is 12.5. The Morgan fingerprint density at radius 2 is 2.00 bits per heavy atom. The van der Waals surface area contributed by atoms with Gasteiger partial charge in [-0.05, 0) is 45.4 Å². The number of aliphatic hydroxyl groups is 1. The fraction of sp³-hybridized carbons (Fsp3) is 0.750. The van der Waals surface area contributed by atoms with Gasteiger partial charge in [-0.2, -0.15) is 5.26 Å². The molecule has 0 aromatic rings. The number of carbonyl (C=O) groups excluding carboxylic acids is 1. The van der Waals surface area contributed by atoms with Crippen LogP contribution in [-0.2, 0) is 4.79 Å². The van der Waals surface area contributed by atoms with Crippen LogP contribution in [0.3, 0.4) is 0 Å². The molecule has 0 spiro atoms. The van der Waals surface area contributed by atoms with Crippen molar-refractivity contribution in [1.29, 1.82) is 5.26 Å². The van der Waals surface area contributed by atoms with Crippen LogP contribution >= 0.6 is 0 Å². The molecule has 1 saturated carbocycles. The molecule has 0 unspecified atom stereocenters. The summed E-state index contributed by atoms with van der Waals surface area (Å²) in [6.45, 7) is 2.28. The van der Waals surface area contributed by atoms with Crippen molar-refractivity contribution in [3.05, 3.63) is 0 Å². The fourth-order valence-corrected chi connectivity index (χ4v) is 3.25. The van der Waals surface area contributed by atoms with Crippen molar-refractivity contribution in [3.8, 4) is 18.4 Å². The first-order valence-electron chi connectivity index (χ1n) is 7.59. The molecule has 114 valence electrons. The lowest BCUT2D eigenvalue weighted by atomic mass is 9.82. The van der Waals surface area contributed by atoms with Crippen molar-refractivity contribution in [1.82, 2.24) is 10.2 Å². The van der Waals surface area contributed by atoms with Crippen molar-refractivity contribution < 1.29 is 9.90 Å². The standard InChI is InChI=1S/C16H23N3O2/c1-3-12-4-5-13(10-17)19(12)15(21)11-18-16(2)8-6-14(20)7-9-16/h1,12-14,18,20H,4-9,11H2,2H3/t12-,13+,14?,16?/m0/s1. The molecule has 0 radical (unpaired) electrons. The van der Waals surface area contributed by atoms with E-state index in [1.165, 1.54) is 0 Å². The van der Waals surface area contributed by atoms with Crippen LogP contribution in [0.5, 0.6) is 0 Å². The zero-order valence-corrected chi connectivity index (χ0v) is 12.5. The quantitative estimate of drug-likeness (QED) is 0.753. The maximum atomic E-state index is 12.4. The van der Waals surface area contributed by atoms with Gasteiger partial charge in [-0.15, -0.1) is 6.42 Å². The first-order valence-corrected chi connectivity index (χ1v) is 7.59. The molecule has 1 heterocycles. The van der Waals surface area contributed by atoms with Crippen molar-refractivity contribution in [2.45, 2.75) is 69.2 Å². The van der Waals surface area contributed by atoms with Gasteiger partial charge < -0.3 is 15.3 Å². The Kier molecular flexibility index (Phi) is 4.88. The van der Waals surface area contributed by atoms with Gasteiger partial charge in [0.05, 0.1) is 24.8 Å². The van der Waals surface area contributed by atoms with E-state index in [0.717, 1.165) is 25.7 Å². The number of nitriles is 1. The van der Waals surface area contributed by atoms with Gasteiger partial charge >= 0.3 is 0 Å². The molecule has 2 N–H and O–H groups in total. The summed E-state index contributed by atoms with van der Waals surface area (Å²) in [4.78, 5) is 14.0. The van der Waals surface area contributed by atoms with Crippen LogP contribution in [-0.4, -0.2) is 46.2 Å². The monoisotopic (exact) mass is 289 g/mol. The van der Waals surface area contributed by atoms with Gasteiger partial charge in [-0.3, -0.25) is 4.79 Å². The Bertz CT molecular complexity index is 447. The van der Waals surface area contributed by atoms with E-state index in [0.29, 0.717) is 12.8 Å². The highest BCUT2D eigenvalue weighted by Gasteiger charge is 2.37. The number of aliphatic hydroxyl groups excluding tert-OH is 1. The Balaban J connectivity index is 1.92. The molecule has 2 aliphatic rings. The minimum Gasteiger partial charge on any atom is -0.393 e. The van der Waals surface area contributed by atoms with E-state index in [4.69, 9.17) is 11.7 Å². The van der Waals surface area contributed by atoms with Gasteiger partial charge in [0.15, 0.2) is 0 Å².